The highest BCUT2D eigenvalue weighted by molar-refractivity contribution is 5.84. The molecule has 1 aliphatic heterocycles. The van der Waals surface area contributed by atoms with Crippen molar-refractivity contribution in [2.45, 2.75) is 38.5 Å². The van der Waals surface area contributed by atoms with Crippen LogP contribution in [-0.2, 0) is 35.3 Å². The summed E-state index contributed by atoms with van der Waals surface area (Å²) >= 11 is 0. The summed E-state index contributed by atoms with van der Waals surface area (Å²) in [5.74, 6) is -1.56. The van der Waals surface area contributed by atoms with E-state index in [2.05, 4.69) is 0 Å². The molecule has 0 aliphatic carbocycles. The highest BCUT2D eigenvalue weighted by Crippen LogP contribution is 2.31. The van der Waals surface area contributed by atoms with Crippen molar-refractivity contribution in [1.82, 2.24) is 4.90 Å². The van der Waals surface area contributed by atoms with E-state index < -0.39 is 23.6 Å². The van der Waals surface area contributed by atoms with Gasteiger partial charge in [0.2, 0.25) is 5.91 Å². The summed E-state index contributed by atoms with van der Waals surface area (Å²) in [6, 6.07) is 10.1. The van der Waals surface area contributed by atoms with Crippen LogP contribution in [0.4, 0.5) is 13.2 Å². The number of hydrogen-bond acceptors (Lipinski definition) is 4. The summed E-state index contributed by atoms with van der Waals surface area (Å²) in [6.45, 7) is 1.23. The van der Waals surface area contributed by atoms with Gasteiger partial charge in [0.25, 0.3) is 0 Å². The minimum atomic E-state index is -4.44. The summed E-state index contributed by atoms with van der Waals surface area (Å²) < 4.78 is 44.2. The molecule has 6 nitrogen and oxygen atoms in total. The molecule has 0 radical (unpaired) electrons. The second kappa shape index (κ2) is 10.0. The Morgan fingerprint density at radius 3 is 2.50 bits per heavy atom. The zero-order chi connectivity index (χ0) is 23.3. The fourth-order valence-corrected chi connectivity index (χ4v) is 3.73. The zero-order valence-corrected chi connectivity index (χ0v) is 17.4. The molecule has 32 heavy (non-hydrogen) atoms. The van der Waals surface area contributed by atoms with E-state index in [1.165, 1.54) is 17.0 Å². The molecular weight excluding hydrogens is 425 g/mol. The van der Waals surface area contributed by atoms with Crippen molar-refractivity contribution in [2.75, 3.05) is 13.2 Å². The quantitative estimate of drug-likeness (QED) is 0.600. The van der Waals surface area contributed by atoms with Gasteiger partial charge in [0.15, 0.2) is 0 Å². The number of nitrogens with zero attached hydrogens (tertiary/aromatic N) is 1. The number of hydrogen-bond donors (Lipinski definition) is 2. The Morgan fingerprint density at radius 2 is 1.88 bits per heavy atom. The maximum absolute atomic E-state index is 13.1. The van der Waals surface area contributed by atoms with Crippen molar-refractivity contribution in [3.05, 3.63) is 64.7 Å². The number of aliphatic carboxylic acids is 1. The predicted molar refractivity (Wildman–Crippen MR) is 111 cm³/mol. The lowest BCUT2D eigenvalue weighted by Gasteiger charge is -2.24. The molecule has 0 saturated heterocycles. The van der Waals surface area contributed by atoms with Gasteiger partial charge in [0, 0.05) is 13.1 Å². The lowest BCUT2D eigenvalue weighted by molar-refractivity contribution is -0.144. The lowest BCUT2D eigenvalue weighted by Crippen LogP contribution is -2.35. The lowest BCUT2D eigenvalue weighted by atomic mass is 9.94. The number of nitrogens with two attached hydrogens (primary N) is 1. The summed E-state index contributed by atoms with van der Waals surface area (Å²) in [5, 5.41) is 9.26. The Hall–Kier alpha value is -3.07. The molecule has 1 heterocycles. The van der Waals surface area contributed by atoms with Gasteiger partial charge in [-0.05, 0) is 60.3 Å². The van der Waals surface area contributed by atoms with Crippen molar-refractivity contribution in [1.29, 1.82) is 0 Å². The van der Waals surface area contributed by atoms with Crippen LogP contribution < -0.4 is 10.5 Å². The molecule has 0 saturated carbocycles. The number of ether oxygens (including phenoxy) is 1. The maximum Gasteiger partial charge on any atom is 0.416 e. The summed E-state index contributed by atoms with van der Waals surface area (Å²) in [6.07, 6.45) is -3.80. The number of carbonyl (C=O) groups is 2. The predicted octanol–water partition coefficient (Wildman–Crippen LogP) is 3.61. The standard InChI is InChI=1S/C23H25F3N2O4/c24-23(25,26)19-5-2-15(3-6-19)13-28-14-18-11-20(32-9-1-8-27)7-4-16(18)10-17(22(28)31)12-21(29)30/h2-7,11,17H,1,8-10,12-14,27H2,(H,29,30). The third-order valence-corrected chi connectivity index (χ3v) is 5.36. The molecule has 3 N–H and O–H groups in total. The highest BCUT2D eigenvalue weighted by atomic mass is 19.4. The van der Waals surface area contributed by atoms with Crippen LogP contribution in [0.25, 0.3) is 0 Å². The zero-order valence-electron chi connectivity index (χ0n) is 17.4. The normalized spacial score (nSPS) is 16.4. The topological polar surface area (TPSA) is 92.9 Å². The van der Waals surface area contributed by atoms with Gasteiger partial charge in [-0.2, -0.15) is 13.2 Å². The van der Waals surface area contributed by atoms with Crippen molar-refractivity contribution in [3.8, 4) is 5.75 Å². The number of halogens is 3. The SMILES string of the molecule is NCCCOc1ccc2c(c1)CN(Cc1ccc(C(F)(F)F)cc1)C(=O)C(CC(=O)O)C2. The molecule has 3 rings (SSSR count). The fraction of sp³-hybridized carbons (Fsp3) is 0.391. The minimum Gasteiger partial charge on any atom is -0.494 e. The average Bonchev–Trinajstić information content (AvgIpc) is 2.84. The Labute approximate surface area is 183 Å². The third kappa shape index (κ3) is 6.00. The van der Waals surface area contributed by atoms with E-state index in [1.54, 1.807) is 6.07 Å². The van der Waals surface area contributed by atoms with E-state index in [-0.39, 0.29) is 31.8 Å². The molecule has 0 aromatic heterocycles. The third-order valence-electron chi connectivity index (χ3n) is 5.36. The van der Waals surface area contributed by atoms with E-state index in [0.29, 0.717) is 30.9 Å². The van der Waals surface area contributed by atoms with Crippen molar-refractivity contribution < 1.29 is 32.6 Å². The van der Waals surface area contributed by atoms with Gasteiger partial charge in [-0.15, -0.1) is 0 Å². The largest absolute Gasteiger partial charge is 0.494 e. The molecule has 1 aliphatic rings. The van der Waals surface area contributed by atoms with Crippen LogP contribution in [0.5, 0.6) is 5.75 Å². The minimum absolute atomic E-state index is 0.0742. The van der Waals surface area contributed by atoms with Crippen LogP contribution in [0.3, 0.4) is 0 Å². The number of carboxylic acids is 1. The number of fused-ring (bicyclic) bond motifs is 1. The molecule has 1 atom stereocenters. The average molecular weight is 450 g/mol. The van der Waals surface area contributed by atoms with Crippen LogP contribution >= 0.6 is 0 Å². The fourth-order valence-electron chi connectivity index (χ4n) is 3.73. The van der Waals surface area contributed by atoms with Crippen molar-refractivity contribution >= 4 is 11.9 Å². The maximum atomic E-state index is 13.1. The molecule has 1 unspecified atom stereocenters. The van der Waals surface area contributed by atoms with E-state index in [1.807, 2.05) is 12.1 Å². The van der Waals surface area contributed by atoms with Crippen molar-refractivity contribution in [2.24, 2.45) is 11.7 Å². The smallest absolute Gasteiger partial charge is 0.416 e. The van der Waals surface area contributed by atoms with Gasteiger partial charge < -0.3 is 20.5 Å². The number of carboxylic acid groups (broad SMARTS) is 1. The molecule has 9 heteroatoms. The second-order valence-corrected chi connectivity index (χ2v) is 7.81. The Balaban J connectivity index is 1.86. The Morgan fingerprint density at radius 1 is 1.16 bits per heavy atom. The van der Waals surface area contributed by atoms with Crippen molar-refractivity contribution in [3.63, 3.8) is 0 Å². The first-order chi connectivity index (χ1) is 15.2. The molecule has 2 aromatic rings. The monoisotopic (exact) mass is 450 g/mol. The Bertz CT molecular complexity index is 961. The number of benzene rings is 2. The van der Waals surface area contributed by atoms with Crippen LogP contribution in [0, 0.1) is 5.92 Å². The number of rotatable bonds is 8. The van der Waals surface area contributed by atoms with Gasteiger partial charge in [0.1, 0.15) is 5.75 Å². The number of amides is 1. The van der Waals surface area contributed by atoms with Gasteiger partial charge in [-0.1, -0.05) is 18.2 Å². The van der Waals surface area contributed by atoms with Crippen LogP contribution in [0.2, 0.25) is 0 Å². The van der Waals surface area contributed by atoms with Crippen LogP contribution in [0.1, 0.15) is 35.1 Å². The number of alkyl halides is 3. The summed E-state index contributed by atoms with van der Waals surface area (Å²) in [4.78, 5) is 25.9. The number of carbonyl (C=O) groups excluding carboxylic acids is 1. The molecule has 2 aromatic carbocycles. The van der Waals surface area contributed by atoms with Gasteiger partial charge in [-0.25, -0.2) is 0 Å². The Kier molecular flexibility index (Phi) is 7.40. The molecular formula is C23H25F3N2O4. The first-order valence-electron chi connectivity index (χ1n) is 10.3. The van der Waals surface area contributed by atoms with E-state index in [4.69, 9.17) is 10.5 Å². The molecule has 172 valence electrons. The van der Waals surface area contributed by atoms with Gasteiger partial charge in [-0.3, -0.25) is 9.59 Å². The molecule has 0 bridgehead atoms. The van der Waals surface area contributed by atoms with Gasteiger partial charge in [0.05, 0.1) is 24.5 Å². The van der Waals surface area contributed by atoms with Crippen LogP contribution in [0.15, 0.2) is 42.5 Å². The molecule has 0 spiro atoms. The highest BCUT2D eigenvalue weighted by Gasteiger charge is 2.32. The van der Waals surface area contributed by atoms with Gasteiger partial charge >= 0.3 is 12.1 Å². The molecule has 1 amide bonds. The summed E-state index contributed by atoms with van der Waals surface area (Å²) in [5.41, 5.74) is 6.92. The second-order valence-electron chi connectivity index (χ2n) is 7.81. The van der Waals surface area contributed by atoms with Crippen LogP contribution in [-0.4, -0.2) is 35.0 Å². The molecule has 0 fully saturated rings. The van der Waals surface area contributed by atoms with E-state index in [9.17, 15) is 27.9 Å². The van der Waals surface area contributed by atoms with E-state index >= 15 is 0 Å². The first-order valence-corrected chi connectivity index (χ1v) is 10.3. The van der Waals surface area contributed by atoms with E-state index in [0.717, 1.165) is 23.3 Å². The first kappa shape index (κ1) is 23.6. The summed E-state index contributed by atoms with van der Waals surface area (Å²) in [7, 11) is 0.